The van der Waals surface area contributed by atoms with Gasteiger partial charge in [0.15, 0.2) is 5.82 Å². The molecule has 0 atom stereocenters. The van der Waals surface area contributed by atoms with Gasteiger partial charge in [0.25, 0.3) is 11.8 Å². The van der Waals surface area contributed by atoms with Crippen LogP contribution in [-0.2, 0) is 13.8 Å². The lowest BCUT2D eigenvalue weighted by Crippen LogP contribution is -2.38. The summed E-state index contributed by atoms with van der Waals surface area (Å²) in [5.41, 5.74) is 3.02. The van der Waals surface area contributed by atoms with Gasteiger partial charge < -0.3 is 25.2 Å². The molecule has 3 amide bonds. The van der Waals surface area contributed by atoms with Crippen molar-refractivity contribution < 1.29 is 38.0 Å². The number of fused-ring (bicyclic) bond motifs is 1. The first-order valence-electron chi connectivity index (χ1n) is 11.6. The molecule has 15 heteroatoms. The molecule has 0 aliphatic heterocycles. The molecule has 0 radical (unpaired) electrons. The molecule has 3 aromatic rings. The Bertz CT molecular complexity index is 1400. The van der Waals surface area contributed by atoms with Gasteiger partial charge in [0.2, 0.25) is 6.79 Å². The summed E-state index contributed by atoms with van der Waals surface area (Å²) >= 11 is 0. The van der Waals surface area contributed by atoms with Crippen molar-refractivity contribution in [2.75, 3.05) is 25.2 Å². The Morgan fingerprint density at radius 2 is 1.92 bits per heavy atom. The van der Waals surface area contributed by atoms with Gasteiger partial charge in [0.1, 0.15) is 11.8 Å². The molecule has 0 fully saturated rings. The Hall–Kier alpha value is -3.84. The first-order valence-corrected chi connectivity index (χ1v) is 13.2. The Balaban J connectivity index is 1.93. The minimum absolute atomic E-state index is 0.0121. The van der Waals surface area contributed by atoms with Crippen LogP contribution in [0.2, 0.25) is 0 Å². The Morgan fingerprint density at radius 1 is 1.18 bits per heavy atom. The average molecular weight is 548 g/mol. The van der Waals surface area contributed by atoms with E-state index in [0.717, 1.165) is 10.5 Å². The third kappa shape index (κ3) is 6.72. The monoisotopic (exact) mass is 548 g/mol. The number of nitrogens with zero attached hydrogens (tertiary/aromatic N) is 4. The largest absolute Gasteiger partial charge is 0.472 e. The van der Waals surface area contributed by atoms with Crippen molar-refractivity contribution in [1.82, 2.24) is 24.8 Å². The summed E-state index contributed by atoms with van der Waals surface area (Å²) in [6.07, 6.45) is 2.02. The molecule has 0 spiro atoms. The van der Waals surface area contributed by atoms with E-state index in [2.05, 4.69) is 25.2 Å². The normalized spacial score (nSPS) is 11.3. The van der Waals surface area contributed by atoms with Crippen LogP contribution in [0.3, 0.4) is 0 Å². The lowest BCUT2D eigenvalue weighted by molar-refractivity contribution is 0.0203. The van der Waals surface area contributed by atoms with Crippen LogP contribution in [0.5, 0.6) is 0 Å². The molecular weight excluding hydrogens is 519 g/mol. The van der Waals surface area contributed by atoms with E-state index < -0.39 is 26.6 Å². The fourth-order valence-electron chi connectivity index (χ4n) is 3.62. The minimum atomic E-state index is -4.86. The number of nitrogens with one attached hydrogen (secondary N) is 2. The molecule has 1 aromatic carbocycles. The fourth-order valence-corrected chi connectivity index (χ4v) is 3.81. The second-order valence-corrected chi connectivity index (χ2v) is 9.43. The van der Waals surface area contributed by atoms with Gasteiger partial charge in [0, 0.05) is 30.5 Å². The Morgan fingerprint density at radius 3 is 2.58 bits per heavy atom. The van der Waals surface area contributed by atoms with E-state index in [1.807, 2.05) is 13.8 Å². The number of hydrogen-bond acceptors (Lipinski definition) is 9. The van der Waals surface area contributed by atoms with Gasteiger partial charge in [-0.05, 0) is 50.5 Å². The van der Waals surface area contributed by atoms with Crippen LogP contribution in [0.15, 0.2) is 30.7 Å². The molecule has 204 valence electrons. The van der Waals surface area contributed by atoms with Gasteiger partial charge >= 0.3 is 13.9 Å². The number of carbonyl (C=O) groups excluding carboxylic acids is 3. The molecule has 14 nitrogen and oxygen atoms in total. The van der Waals surface area contributed by atoms with Crippen molar-refractivity contribution in [3.05, 3.63) is 53.0 Å². The number of amides is 3. The highest BCUT2D eigenvalue weighted by Crippen LogP contribution is 2.35. The van der Waals surface area contributed by atoms with Crippen LogP contribution < -0.4 is 10.6 Å². The van der Waals surface area contributed by atoms with Crippen molar-refractivity contribution in [2.45, 2.75) is 34.1 Å². The molecule has 4 N–H and O–H groups in total. The smallest absolute Gasteiger partial charge is 0.421 e. The van der Waals surface area contributed by atoms with Crippen molar-refractivity contribution in [2.24, 2.45) is 0 Å². The molecule has 2 heterocycles. The Kier molecular flexibility index (Phi) is 9.17. The molecule has 0 bridgehead atoms. The molecule has 0 saturated carbocycles. The SMILES string of the molecule is CCCN(C(=O)OCOP(=O)(O)O)C(=O)c1cn2ncnc(Nc3cc(C(=O)NCC)ccc3C)c2c1C. The predicted octanol–water partition coefficient (Wildman–Crippen LogP) is 2.90. The van der Waals surface area contributed by atoms with Crippen LogP contribution in [0, 0.1) is 13.8 Å². The van der Waals surface area contributed by atoms with E-state index in [9.17, 15) is 18.9 Å². The number of anilines is 2. The number of benzene rings is 1. The summed E-state index contributed by atoms with van der Waals surface area (Å²) in [6, 6.07) is 5.21. The van der Waals surface area contributed by atoms with Gasteiger partial charge in [0.05, 0.1) is 5.56 Å². The second-order valence-electron chi connectivity index (χ2n) is 8.19. The molecule has 0 saturated heterocycles. The summed E-state index contributed by atoms with van der Waals surface area (Å²) in [5.74, 6) is -0.548. The maximum absolute atomic E-state index is 13.3. The van der Waals surface area contributed by atoms with Crippen LogP contribution in [0.1, 0.15) is 52.1 Å². The van der Waals surface area contributed by atoms with Gasteiger partial charge in [-0.1, -0.05) is 13.0 Å². The quantitative estimate of drug-likeness (QED) is 0.216. The van der Waals surface area contributed by atoms with Crippen molar-refractivity contribution in [1.29, 1.82) is 0 Å². The zero-order chi connectivity index (χ0) is 28.0. The third-order valence-corrected chi connectivity index (χ3v) is 5.91. The summed E-state index contributed by atoms with van der Waals surface area (Å²) < 4.78 is 21.1. The van der Waals surface area contributed by atoms with Crippen LogP contribution >= 0.6 is 7.82 Å². The van der Waals surface area contributed by atoms with Gasteiger partial charge in [-0.25, -0.2) is 28.3 Å². The number of phosphoric ester groups is 1. The van der Waals surface area contributed by atoms with Crippen molar-refractivity contribution in [3.8, 4) is 0 Å². The number of ether oxygens (including phenoxy) is 1. The molecule has 0 aliphatic carbocycles. The highest BCUT2D eigenvalue weighted by Gasteiger charge is 2.28. The molecule has 0 unspecified atom stereocenters. The highest BCUT2D eigenvalue weighted by molar-refractivity contribution is 7.46. The number of aryl methyl sites for hydroxylation is 2. The summed E-state index contributed by atoms with van der Waals surface area (Å²) in [6.45, 7) is 6.56. The van der Waals surface area contributed by atoms with Gasteiger partial charge in [-0.2, -0.15) is 5.10 Å². The average Bonchev–Trinajstić information content (AvgIpc) is 3.20. The van der Waals surface area contributed by atoms with E-state index in [4.69, 9.17) is 14.5 Å². The maximum Gasteiger partial charge on any atom is 0.472 e. The number of hydrogen-bond donors (Lipinski definition) is 4. The van der Waals surface area contributed by atoms with Crippen molar-refractivity contribution in [3.63, 3.8) is 0 Å². The predicted molar refractivity (Wildman–Crippen MR) is 136 cm³/mol. The summed E-state index contributed by atoms with van der Waals surface area (Å²) in [7, 11) is -4.86. The number of rotatable bonds is 10. The first kappa shape index (κ1) is 28.7. The maximum atomic E-state index is 13.3. The van der Waals surface area contributed by atoms with Crippen LogP contribution in [-0.4, -0.2) is 67.1 Å². The second kappa shape index (κ2) is 12.1. The first-order chi connectivity index (χ1) is 18.0. The minimum Gasteiger partial charge on any atom is -0.421 e. The fraction of sp³-hybridized carbons (Fsp3) is 0.348. The standard InChI is InChI=1S/C23H29N6O8P/c1-5-9-28(23(32)36-13-37-38(33,34)35)22(31)17-11-29-19(15(17)4)20(25-12-26-29)27-18-10-16(8-7-14(18)3)21(30)24-6-2/h7-8,10-12H,5-6,9,13H2,1-4H3,(H,24,30)(H,25,26,27)(H2,33,34,35). The number of phosphoric acid groups is 1. The zero-order valence-electron chi connectivity index (χ0n) is 21.3. The lowest BCUT2D eigenvalue weighted by atomic mass is 10.1. The molecular formula is C23H29N6O8P. The number of imide groups is 1. The summed E-state index contributed by atoms with van der Waals surface area (Å²) in [4.78, 5) is 60.8. The van der Waals surface area contributed by atoms with E-state index >= 15 is 0 Å². The van der Waals surface area contributed by atoms with Gasteiger partial charge in [-0.15, -0.1) is 0 Å². The molecule has 0 aliphatic rings. The van der Waals surface area contributed by atoms with E-state index in [1.165, 1.54) is 17.0 Å². The Labute approximate surface area is 218 Å². The van der Waals surface area contributed by atoms with Crippen molar-refractivity contribution >= 4 is 42.8 Å². The molecule has 38 heavy (non-hydrogen) atoms. The summed E-state index contributed by atoms with van der Waals surface area (Å²) in [5, 5.41) is 10.1. The molecule has 3 rings (SSSR count). The van der Waals surface area contributed by atoms with Crippen LogP contribution in [0.4, 0.5) is 16.3 Å². The molecule has 2 aromatic heterocycles. The zero-order valence-corrected chi connectivity index (χ0v) is 22.2. The van der Waals surface area contributed by atoms with Crippen LogP contribution in [0.25, 0.3) is 5.52 Å². The van der Waals surface area contributed by atoms with E-state index in [1.54, 1.807) is 32.0 Å². The lowest BCUT2D eigenvalue weighted by Gasteiger charge is -2.19. The number of carbonyl (C=O) groups is 3. The third-order valence-electron chi connectivity index (χ3n) is 5.46. The highest BCUT2D eigenvalue weighted by atomic mass is 31.2. The van der Waals surface area contributed by atoms with Gasteiger partial charge in [-0.3, -0.25) is 9.59 Å². The number of aromatic nitrogens is 3. The topological polar surface area (TPSA) is 185 Å². The van der Waals surface area contributed by atoms with E-state index in [-0.39, 0.29) is 18.0 Å². The van der Waals surface area contributed by atoms with E-state index in [0.29, 0.717) is 41.1 Å².